The molecule has 1 aliphatic carbocycles. The van der Waals surface area contributed by atoms with Crippen LogP contribution in [0.1, 0.15) is 38.3 Å². The van der Waals surface area contributed by atoms with Crippen LogP contribution in [0.5, 0.6) is 0 Å². The van der Waals surface area contributed by atoms with E-state index < -0.39 is 0 Å². The van der Waals surface area contributed by atoms with Crippen molar-refractivity contribution in [1.29, 1.82) is 0 Å². The Morgan fingerprint density at radius 3 is 2.89 bits per heavy atom. The Balaban J connectivity index is 1.89. The van der Waals surface area contributed by atoms with E-state index in [2.05, 4.69) is 33.1 Å². The summed E-state index contributed by atoms with van der Waals surface area (Å²) in [6, 6.07) is 0.572. The second kappa shape index (κ2) is 5.07. The van der Waals surface area contributed by atoms with E-state index in [0.717, 1.165) is 23.8 Å². The van der Waals surface area contributed by atoms with Crippen LogP contribution in [0.25, 0.3) is 5.69 Å². The van der Waals surface area contributed by atoms with Crippen LogP contribution in [0, 0.1) is 0 Å². The minimum atomic E-state index is 0.572. The third kappa shape index (κ3) is 2.37. The molecule has 3 rings (SSSR count). The van der Waals surface area contributed by atoms with E-state index in [1.807, 2.05) is 24.1 Å². The molecule has 19 heavy (non-hydrogen) atoms. The fourth-order valence-electron chi connectivity index (χ4n) is 2.83. The molecule has 0 amide bonds. The molecule has 0 aliphatic heterocycles. The summed E-state index contributed by atoms with van der Waals surface area (Å²) in [6.07, 6.45) is 12.0. The van der Waals surface area contributed by atoms with Crippen molar-refractivity contribution < 1.29 is 0 Å². The highest BCUT2D eigenvalue weighted by molar-refractivity contribution is 5.44. The molecule has 2 heterocycles. The van der Waals surface area contributed by atoms with Gasteiger partial charge in [-0.2, -0.15) is 5.10 Å². The van der Waals surface area contributed by atoms with Gasteiger partial charge in [0.15, 0.2) is 0 Å². The first-order valence-corrected chi connectivity index (χ1v) is 7.10. The molecule has 2 aromatic rings. The summed E-state index contributed by atoms with van der Waals surface area (Å²) in [7, 11) is 1.96. The number of nitrogens with one attached hydrogen (secondary N) is 1. The predicted molar refractivity (Wildman–Crippen MR) is 75.6 cm³/mol. The molecule has 0 atom stereocenters. The van der Waals surface area contributed by atoms with Crippen LogP contribution in [0.4, 0.5) is 5.95 Å². The number of aromatic nitrogens is 4. The van der Waals surface area contributed by atoms with Gasteiger partial charge in [-0.15, -0.1) is 0 Å². The molecule has 1 saturated carbocycles. The van der Waals surface area contributed by atoms with Crippen molar-refractivity contribution in [2.45, 2.75) is 45.1 Å². The topological polar surface area (TPSA) is 47.7 Å². The van der Waals surface area contributed by atoms with Crippen molar-refractivity contribution in [3.63, 3.8) is 0 Å². The Bertz CT molecular complexity index is 548. The first kappa shape index (κ1) is 12.3. The molecule has 0 radical (unpaired) electrons. The van der Waals surface area contributed by atoms with Gasteiger partial charge in [0.05, 0.1) is 11.4 Å². The van der Waals surface area contributed by atoms with Crippen molar-refractivity contribution >= 4 is 5.95 Å². The average Bonchev–Trinajstić information content (AvgIpc) is 3.10. The van der Waals surface area contributed by atoms with E-state index in [4.69, 9.17) is 0 Å². The molecule has 1 N–H and O–H groups in total. The van der Waals surface area contributed by atoms with Gasteiger partial charge >= 0.3 is 0 Å². The number of imidazole rings is 1. The minimum absolute atomic E-state index is 0.572. The molecule has 0 aromatic carbocycles. The van der Waals surface area contributed by atoms with Crippen LogP contribution in [-0.2, 0) is 13.5 Å². The van der Waals surface area contributed by atoms with Crippen LogP contribution in [0.15, 0.2) is 18.6 Å². The van der Waals surface area contributed by atoms with Gasteiger partial charge in [0.25, 0.3) is 0 Å². The molecule has 0 saturated heterocycles. The number of nitrogens with zero attached hydrogens (tertiary/aromatic N) is 4. The third-order valence-corrected chi connectivity index (χ3v) is 3.81. The average molecular weight is 259 g/mol. The van der Waals surface area contributed by atoms with Gasteiger partial charge in [-0.25, -0.2) is 4.98 Å². The number of aryl methyl sites for hydroxylation is 2. The zero-order chi connectivity index (χ0) is 13.2. The minimum Gasteiger partial charge on any atom is -0.353 e. The highest BCUT2D eigenvalue weighted by atomic mass is 15.3. The van der Waals surface area contributed by atoms with Crippen LogP contribution >= 0.6 is 0 Å². The second-order valence-electron chi connectivity index (χ2n) is 5.23. The lowest BCUT2D eigenvalue weighted by atomic mass is 10.2. The molecule has 0 unspecified atom stereocenters. The summed E-state index contributed by atoms with van der Waals surface area (Å²) in [5, 5.41) is 8.06. The second-order valence-corrected chi connectivity index (χ2v) is 5.23. The van der Waals surface area contributed by atoms with Gasteiger partial charge in [-0.05, 0) is 19.3 Å². The highest BCUT2D eigenvalue weighted by Gasteiger charge is 2.18. The predicted octanol–water partition coefficient (Wildman–Crippen LogP) is 2.52. The summed E-state index contributed by atoms with van der Waals surface area (Å²) in [5.41, 5.74) is 2.23. The standard InChI is InChI=1S/C14H21N5/c1-3-12-13(10-18(2)17-12)19-9-8-15-14(19)16-11-6-4-5-7-11/h8-11H,3-7H2,1-2H3,(H,15,16). The number of rotatable bonds is 4. The number of anilines is 1. The summed E-state index contributed by atoms with van der Waals surface area (Å²) < 4.78 is 3.98. The van der Waals surface area contributed by atoms with Crippen LogP contribution in [-0.4, -0.2) is 25.4 Å². The molecular weight excluding hydrogens is 238 g/mol. The fourth-order valence-corrected chi connectivity index (χ4v) is 2.83. The highest BCUT2D eigenvalue weighted by Crippen LogP contribution is 2.24. The van der Waals surface area contributed by atoms with Crippen molar-refractivity contribution in [1.82, 2.24) is 19.3 Å². The summed E-state index contributed by atoms with van der Waals surface area (Å²) >= 11 is 0. The Morgan fingerprint density at radius 1 is 1.37 bits per heavy atom. The lowest BCUT2D eigenvalue weighted by molar-refractivity contribution is 0.740. The normalized spacial score (nSPS) is 16.1. The fraction of sp³-hybridized carbons (Fsp3) is 0.571. The lowest BCUT2D eigenvalue weighted by Crippen LogP contribution is -2.17. The van der Waals surface area contributed by atoms with Gasteiger partial charge < -0.3 is 5.32 Å². The molecule has 5 nitrogen and oxygen atoms in total. The van der Waals surface area contributed by atoms with E-state index in [1.165, 1.54) is 25.7 Å². The van der Waals surface area contributed by atoms with E-state index in [9.17, 15) is 0 Å². The first-order chi connectivity index (χ1) is 9.28. The summed E-state index contributed by atoms with van der Waals surface area (Å²) in [5.74, 6) is 0.939. The Labute approximate surface area is 113 Å². The van der Waals surface area contributed by atoms with E-state index in [-0.39, 0.29) is 0 Å². The van der Waals surface area contributed by atoms with Crippen LogP contribution < -0.4 is 5.32 Å². The van der Waals surface area contributed by atoms with E-state index >= 15 is 0 Å². The zero-order valence-corrected chi connectivity index (χ0v) is 11.6. The summed E-state index contributed by atoms with van der Waals surface area (Å²) in [6.45, 7) is 2.13. The van der Waals surface area contributed by atoms with Gasteiger partial charge in [0.1, 0.15) is 0 Å². The van der Waals surface area contributed by atoms with E-state index in [0.29, 0.717) is 6.04 Å². The quantitative estimate of drug-likeness (QED) is 0.917. The molecule has 0 bridgehead atoms. The maximum Gasteiger partial charge on any atom is 0.207 e. The molecule has 102 valence electrons. The maximum atomic E-state index is 4.50. The van der Waals surface area contributed by atoms with E-state index in [1.54, 1.807) is 0 Å². The molecule has 1 aliphatic rings. The molecule has 0 spiro atoms. The zero-order valence-electron chi connectivity index (χ0n) is 11.6. The van der Waals surface area contributed by atoms with Crippen molar-refractivity contribution in [2.24, 2.45) is 7.05 Å². The Morgan fingerprint density at radius 2 is 2.16 bits per heavy atom. The van der Waals surface area contributed by atoms with Gasteiger partial charge in [0, 0.05) is 31.7 Å². The van der Waals surface area contributed by atoms with Crippen molar-refractivity contribution in [3.05, 3.63) is 24.3 Å². The van der Waals surface area contributed by atoms with Gasteiger partial charge in [-0.3, -0.25) is 9.25 Å². The Hall–Kier alpha value is -1.78. The number of hydrogen-bond acceptors (Lipinski definition) is 3. The first-order valence-electron chi connectivity index (χ1n) is 7.10. The lowest BCUT2D eigenvalue weighted by Gasteiger charge is -2.14. The largest absolute Gasteiger partial charge is 0.353 e. The van der Waals surface area contributed by atoms with Gasteiger partial charge in [0.2, 0.25) is 5.95 Å². The smallest absolute Gasteiger partial charge is 0.207 e. The summed E-state index contributed by atoms with van der Waals surface area (Å²) in [4.78, 5) is 4.46. The monoisotopic (exact) mass is 259 g/mol. The SMILES string of the molecule is CCc1nn(C)cc1-n1ccnc1NC1CCCC1. The van der Waals surface area contributed by atoms with Crippen molar-refractivity contribution in [2.75, 3.05) is 5.32 Å². The van der Waals surface area contributed by atoms with Crippen LogP contribution in [0.2, 0.25) is 0 Å². The third-order valence-electron chi connectivity index (χ3n) is 3.81. The van der Waals surface area contributed by atoms with Crippen LogP contribution in [0.3, 0.4) is 0 Å². The molecule has 5 heteroatoms. The maximum absolute atomic E-state index is 4.50. The number of hydrogen-bond donors (Lipinski definition) is 1. The molecule has 1 fully saturated rings. The Kier molecular flexibility index (Phi) is 3.27. The van der Waals surface area contributed by atoms with Crippen molar-refractivity contribution in [3.8, 4) is 5.69 Å². The molecular formula is C14H21N5. The molecule has 2 aromatic heterocycles. The van der Waals surface area contributed by atoms with Gasteiger partial charge in [-0.1, -0.05) is 19.8 Å².